The zero-order valence-electron chi connectivity index (χ0n) is 8.15. The van der Waals surface area contributed by atoms with Gasteiger partial charge in [-0.05, 0) is 43.0 Å². The van der Waals surface area contributed by atoms with Gasteiger partial charge >= 0.3 is 0 Å². The van der Waals surface area contributed by atoms with E-state index < -0.39 is 6.10 Å². The SMILES string of the molecule is Cc1cc(C(O)c2ccc(C)s2)cs1. The summed E-state index contributed by atoms with van der Waals surface area (Å²) in [6, 6.07) is 6.09. The molecule has 1 N–H and O–H groups in total. The summed E-state index contributed by atoms with van der Waals surface area (Å²) < 4.78 is 0. The van der Waals surface area contributed by atoms with Crippen molar-refractivity contribution in [1.29, 1.82) is 0 Å². The molecule has 74 valence electrons. The molecular weight excluding hydrogens is 212 g/mol. The highest BCUT2D eigenvalue weighted by atomic mass is 32.1. The minimum atomic E-state index is -0.446. The standard InChI is InChI=1S/C11H12OS2/c1-7-3-4-10(14-7)11(12)9-5-8(2)13-6-9/h3-6,11-12H,1-2H3. The molecule has 1 unspecified atom stereocenters. The quantitative estimate of drug-likeness (QED) is 0.827. The topological polar surface area (TPSA) is 20.2 Å². The van der Waals surface area contributed by atoms with Crippen LogP contribution in [0.2, 0.25) is 0 Å². The van der Waals surface area contributed by atoms with Crippen LogP contribution in [0.4, 0.5) is 0 Å². The van der Waals surface area contributed by atoms with Gasteiger partial charge in [0, 0.05) is 14.6 Å². The number of hydrogen-bond donors (Lipinski definition) is 1. The first-order valence-corrected chi connectivity index (χ1v) is 6.16. The van der Waals surface area contributed by atoms with Gasteiger partial charge in [-0.15, -0.1) is 22.7 Å². The Labute approximate surface area is 91.7 Å². The Bertz CT molecular complexity index is 388. The summed E-state index contributed by atoms with van der Waals surface area (Å²) in [6.07, 6.45) is -0.446. The Balaban J connectivity index is 2.28. The Morgan fingerprint density at radius 3 is 2.50 bits per heavy atom. The van der Waals surface area contributed by atoms with E-state index >= 15 is 0 Å². The van der Waals surface area contributed by atoms with E-state index in [1.807, 2.05) is 23.6 Å². The fraction of sp³-hybridized carbons (Fsp3) is 0.273. The van der Waals surface area contributed by atoms with Crippen molar-refractivity contribution in [1.82, 2.24) is 0 Å². The highest BCUT2D eigenvalue weighted by Crippen LogP contribution is 2.30. The smallest absolute Gasteiger partial charge is 0.114 e. The molecule has 2 rings (SSSR count). The van der Waals surface area contributed by atoms with Crippen LogP contribution < -0.4 is 0 Å². The fourth-order valence-corrected chi connectivity index (χ4v) is 2.99. The number of hydrogen-bond acceptors (Lipinski definition) is 3. The van der Waals surface area contributed by atoms with Crippen molar-refractivity contribution < 1.29 is 5.11 Å². The molecule has 0 bridgehead atoms. The van der Waals surface area contributed by atoms with Crippen LogP contribution in [0.25, 0.3) is 0 Å². The summed E-state index contributed by atoms with van der Waals surface area (Å²) in [5.41, 5.74) is 1.01. The zero-order chi connectivity index (χ0) is 10.1. The molecule has 2 aromatic heterocycles. The van der Waals surface area contributed by atoms with Crippen LogP contribution >= 0.6 is 22.7 Å². The molecule has 0 saturated heterocycles. The largest absolute Gasteiger partial charge is 0.383 e. The Kier molecular flexibility index (Phi) is 2.72. The lowest BCUT2D eigenvalue weighted by molar-refractivity contribution is 0.224. The fourth-order valence-electron chi connectivity index (χ4n) is 1.37. The predicted molar refractivity (Wildman–Crippen MR) is 62.2 cm³/mol. The Morgan fingerprint density at radius 2 is 2.00 bits per heavy atom. The molecule has 14 heavy (non-hydrogen) atoms. The number of aliphatic hydroxyl groups excluding tert-OH is 1. The van der Waals surface area contributed by atoms with E-state index in [9.17, 15) is 5.11 Å². The van der Waals surface area contributed by atoms with Gasteiger partial charge in [0.1, 0.15) is 6.10 Å². The van der Waals surface area contributed by atoms with Crippen LogP contribution in [0.1, 0.15) is 26.3 Å². The average molecular weight is 224 g/mol. The van der Waals surface area contributed by atoms with Crippen molar-refractivity contribution in [3.63, 3.8) is 0 Å². The molecule has 2 aromatic rings. The molecular formula is C11H12OS2. The molecule has 0 saturated carbocycles. The monoisotopic (exact) mass is 224 g/mol. The molecule has 2 heterocycles. The summed E-state index contributed by atoms with van der Waals surface area (Å²) in [6.45, 7) is 4.11. The highest BCUT2D eigenvalue weighted by Gasteiger charge is 2.13. The normalized spacial score (nSPS) is 13.1. The third kappa shape index (κ3) is 1.90. The molecule has 0 fully saturated rings. The third-order valence-electron chi connectivity index (χ3n) is 2.10. The van der Waals surface area contributed by atoms with E-state index in [2.05, 4.69) is 13.8 Å². The van der Waals surface area contributed by atoms with E-state index in [4.69, 9.17) is 0 Å². The summed E-state index contributed by atoms with van der Waals surface area (Å²) in [7, 11) is 0. The molecule has 0 radical (unpaired) electrons. The molecule has 1 nitrogen and oxygen atoms in total. The number of rotatable bonds is 2. The summed E-state index contributed by atoms with van der Waals surface area (Å²) >= 11 is 3.33. The lowest BCUT2D eigenvalue weighted by atomic mass is 10.1. The first kappa shape index (κ1) is 9.90. The number of aryl methyl sites for hydroxylation is 2. The van der Waals surface area contributed by atoms with E-state index in [-0.39, 0.29) is 0 Å². The maximum absolute atomic E-state index is 10.0. The van der Waals surface area contributed by atoms with Crippen molar-refractivity contribution in [2.45, 2.75) is 20.0 Å². The highest BCUT2D eigenvalue weighted by molar-refractivity contribution is 7.12. The second kappa shape index (κ2) is 3.85. The van der Waals surface area contributed by atoms with Crippen LogP contribution in [-0.2, 0) is 0 Å². The van der Waals surface area contributed by atoms with Gasteiger partial charge in [-0.1, -0.05) is 0 Å². The number of thiophene rings is 2. The molecule has 0 aliphatic heterocycles. The van der Waals surface area contributed by atoms with Gasteiger partial charge in [0.05, 0.1) is 0 Å². The lowest BCUT2D eigenvalue weighted by Crippen LogP contribution is -1.93. The van der Waals surface area contributed by atoms with Gasteiger partial charge in [0.15, 0.2) is 0 Å². The summed E-state index contributed by atoms with van der Waals surface area (Å²) in [5.74, 6) is 0. The predicted octanol–water partition coefficient (Wildman–Crippen LogP) is 3.51. The van der Waals surface area contributed by atoms with E-state index in [1.165, 1.54) is 9.75 Å². The van der Waals surface area contributed by atoms with Gasteiger partial charge < -0.3 is 5.11 Å². The van der Waals surface area contributed by atoms with Crippen LogP contribution in [0, 0.1) is 13.8 Å². The van der Waals surface area contributed by atoms with Crippen LogP contribution in [-0.4, -0.2) is 5.11 Å². The van der Waals surface area contributed by atoms with E-state index in [1.54, 1.807) is 22.7 Å². The molecule has 0 aromatic carbocycles. The van der Waals surface area contributed by atoms with Crippen LogP contribution in [0.15, 0.2) is 23.6 Å². The second-order valence-electron chi connectivity index (χ2n) is 3.34. The van der Waals surface area contributed by atoms with Gasteiger partial charge in [-0.25, -0.2) is 0 Å². The molecule has 0 spiro atoms. The van der Waals surface area contributed by atoms with Gasteiger partial charge in [0.25, 0.3) is 0 Å². The average Bonchev–Trinajstić information content (AvgIpc) is 2.73. The molecule has 1 atom stereocenters. The molecule has 0 aliphatic carbocycles. The Hall–Kier alpha value is -0.640. The third-order valence-corrected chi connectivity index (χ3v) is 4.03. The van der Waals surface area contributed by atoms with Crippen LogP contribution in [0.3, 0.4) is 0 Å². The van der Waals surface area contributed by atoms with E-state index in [0.29, 0.717) is 0 Å². The van der Waals surface area contributed by atoms with Gasteiger partial charge in [-0.3, -0.25) is 0 Å². The maximum Gasteiger partial charge on any atom is 0.114 e. The summed E-state index contributed by atoms with van der Waals surface area (Å²) in [5, 5.41) is 12.1. The first-order valence-electron chi connectivity index (χ1n) is 4.46. The molecule has 3 heteroatoms. The first-order chi connectivity index (χ1) is 6.66. The van der Waals surface area contributed by atoms with Gasteiger partial charge in [-0.2, -0.15) is 0 Å². The van der Waals surface area contributed by atoms with Crippen molar-refractivity contribution in [3.05, 3.63) is 43.8 Å². The second-order valence-corrected chi connectivity index (χ2v) is 5.78. The minimum Gasteiger partial charge on any atom is -0.383 e. The zero-order valence-corrected chi connectivity index (χ0v) is 9.78. The number of aliphatic hydroxyl groups is 1. The lowest BCUT2D eigenvalue weighted by Gasteiger charge is -2.04. The van der Waals surface area contributed by atoms with Crippen LogP contribution in [0.5, 0.6) is 0 Å². The van der Waals surface area contributed by atoms with Crippen molar-refractivity contribution in [2.75, 3.05) is 0 Å². The Morgan fingerprint density at radius 1 is 1.21 bits per heavy atom. The minimum absolute atomic E-state index is 0.446. The van der Waals surface area contributed by atoms with Crippen molar-refractivity contribution >= 4 is 22.7 Å². The van der Waals surface area contributed by atoms with Crippen molar-refractivity contribution in [2.24, 2.45) is 0 Å². The van der Waals surface area contributed by atoms with Crippen molar-refractivity contribution in [3.8, 4) is 0 Å². The van der Waals surface area contributed by atoms with E-state index in [0.717, 1.165) is 10.4 Å². The molecule has 0 amide bonds. The van der Waals surface area contributed by atoms with Gasteiger partial charge in [0.2, 0.25) is 0 Å². The maximum atomic E-state index is 10.0. The summed E-state index contributed by atoms with van der Waals surface area (Å²) in [4.78, 5) is 3.51. The molecule has 0 aliphatic rings.